The highest BCUT2D eigenvalue weighted by molar-refractivity contribution is 6.36. The molecule has 0 radical (unpaired) electrons. The van der Waals surface area contributed by atoms with Crippen LogP contribution in [0.5, 0.6) is 0 Å². The number of piperazine rings is 1. The average molecular weight is 220 g/mol. The fourth-order valence-corrected chi connectivity index (χ4v) is 2.35. The number of carbonyl (C=O) groups excluding carboxylic acids is 2. The lowest BCUT2D eigenvalue weighted by Gasteiger charge is -2.42. The Bertz CT molecular complexity index is 384. The van der Waals surface area contributed by atoms with E-state index in [2.05, 4.69) is 0 Å². The van der Waals surface area contributed by atoms with Gasteiger partial charge in [-0.15, -0.1) is 0 Å². The number of nitrogens with zero attached hydrogens (tertiary/aromatic N) is 2. The quantitative estimate of drug-likeness (QED) is 0.649. The van der Waals surface area contributed by atoms with Gasteiger partial charge in [0.15, 0.2) is 0 Å². The zero-order valence-electron chi connectivity index (χ0n) is 9.64. The van der Waals surface area contributed by atoms with Crippen molar-refractivity contribution >= 4 is 11.8 Å². The first-order valence-corrected chi connectivity index (χ1v) is 5.69. The minimum atomic E-state index is -0.401. The molecule has 0 saturated carbocycles. The molecule has 1 heterocycles. The fraction of sp³-hybridized carbons (Fsp3) is 0.500. The van der Waals surface area contributed by atoms with Crippen LogP contribution in [0, 0.1) is 0 Å². The SMILES string of the molecule is CCN1C(=O)C(=O)N(CC)C2CC=CC=C21. The van der Waals surface area contributed by atoms with Gasteiger partial charge in [-0.25, -0.2) is 0 Å². The van der Waals surface area contributed by atoms with E-state index in [0.717, 1.165) is 12.1 Å². The van der Waals surface area contributed by atoms with Crippen molar-refractivity contribution in [1.29, 1.82) is 0 Å². The van der Waals surface area contributed by atoms with Gasteiger partial charge in [0, 0.05) is 18.8 Å². The van der Waals surface area contributed by atoms with Crippen molar-refractivity contribution in [2.24, 2.45) is 0 Å². The number of hydrogen-bond acceptors (Lipinski definition) is 2. The maximum Gasteiger partial charge on any atom is 0.316 e. The molecule has 0 bridgehead atoms. The number of carbonyl (C=O) groups is 2. The molecule has 1 atom stereocenters. The molecule has 0 aromatic heterocycles. The van der Waals surface area contributed by atoms with Crippen LogP contribution >= 0.6 is 0 Å². The van der Waals surface area contributed by atoms with E-state index in [1.165, 1.54) is 0 Å². The highest BCUT2D eigenvalue weighted by Gasteiger charge is 2.40. The van der Waals surface area contributed by atoms with E-state index in [1.54, 1.807) is 9.80 Å². The number of amides is 2. The van der Waals surface area contributed by atoms with Crippen molar-refractivity contribution in [2.45, 2.75) is 26.3 Å². The van der Waals surface area contributed by atoms with E-state index < -0.39 is 5.91 Å². The predicted octanol–water partition coefficient (Wildman–Crippen LogP) is 0.909. The van der Waals surface area contributed by atoms with Crippen LogP contribution < -0.4 is 0 Å². The first kappa shape index (κ1) is 10.9. The molecule has 1 aliphatic heterocycles. The minimum absolute atomic E-state index is 0.0418. The molecule has 0 aromatic carbocycles. The van der Waals surface area contributed by atoms with E-state index in [4.69, 9.17) is 0 Å². The van der Waals surface area contributed by atoms with Crippen LogP contribution in [0.4, 0.5) is 0 Å². The molecule has 4 heteroatoms. The van der Waals surface area contributed by atoms with Crippen molar-refractivity contribution in [3.05, 3.63) is 23.9 Å². The van der Waals surface area contributed by atoms with Gasteiger partial charge in [-0.1, -0.05) is 12.2 Å². The molecule has 1 aliphatic carbocycles. The van der Waals surface area contributed by atoms with Gasteiger partial charge in [0.05, 0.1) is 6.04 Å². The van der Waals surface area contributed by atoms with Crippen molar-refractivity contribution < 1.29 is 9.59 Å². The molecule has 1 saturated heterocycles. The number of allylic oxidation sites excluding steroid dienone is 2. The van der Waals surface area contributed by atoms with Gasteiger partial charge in [-0.3, -0.25) is 9.59 Å². The largest absolute Gasteiger partial charge is 0.326 e. The Hall–Kier alpha value is -1.58. The maximum atomic E-state index is 11.9. The summed E-state index contributed by atoms with van der Waals surface area (Å²) in [6.07, 6.45) is 6.72. The van der Waals surface area contributed by atoms with Gasteiger partial charge < -0.3 is 9.80 Å². The lowest BCUT2D eigenvalue weighted by Crippen LogP contribution is -2.58. The summed E-state index contributed by atoms with van der Waals surface area (Å²) in [4.78, 5) is 27.0. The lowest BCUT2D eigenvalue weighted by atomic mass is 9.98. The maximum absolute atomic E-state index is 11.9. The molecule has 16 heavy (non-hydrogen) atoms. The first-order chi connectivity index (χ1) is 7.70. The summed E-state index contributed by atoms with van der Waals surface area (Å²) in [5.41, 5.74) is 0.955. The second kappa shape index (κ2) is 4.12. The molecule has 0 spiro atoms. The van der Waals surface area contributed by atoms with E-state index in [1.807, 2.05) is 32.1 Å². The topological polar surface area (TPSA) is 40.6 Å². The molecule has 1 unspecified atom stereocenters. The molecular weight excluding hydrogens is 204 g/mol. The average Bonchev–Trinajstić information content (AvgIpc) is 2.31. The zero-order valence-corrected chi connectivity index (χ0v) is 9.64. The monoisotopic (exact) mass is 220 g/mol. The number of rotatable bonds is 2. The van der Waals surface area contributed by atoms with Crippen LogP contribution in [-0.2, 0) is 9.59 Å². The Morgan fingerprint density at radius 1 is 1.25 bits per heavy atom. The molecule has 4 nitrogen and oxygen atoms in total. The van der Waals surface area contributed by atoms with Crippen molar-refractivity contribution in [1.82, 2.24) is 9.80 Å². The van der Waals surface area contributed by atoms with Gasteiger partial charge >= 0.3 is 11.8 Å². The van der Waals surface area contributed by atoms with Crippen molar-refractivity contribution in [3.8, 4) is 0 Å². The van der Waals surface area contributed by atoms with Crippen LogP contribution in [0.15, 0.2) is 23.9 Å². The molecule has 1 fully saturated rings. The summed E-state index contributed by atoms with van der Waals surface area (Å²) in [6.45, 7) is 4.93. The summed E-state index contributed by atoms with van der Waals surface area (Å²) in [5, 5.41) is 0. The second-order valence-electron chi connectivity index (χ2n) is 3.91. The molecule has 2 amide bonds. The highest BCUT2D eigenvalue weighted by Crippen LogP contribution is 2.27. The summed E-state index contributed by atoms with van der Waals surface area (Å²) >= 11 is 0. The van der Waals surface area contributed by atoms with E-state index in [-0.39, 0.29) is 11.9 Å². The van der Waals surface area contributed by atoms with Crippen LogP contribution in [0.2, 0.25) is 0 Å². The third kappa shape index (κ3) is 1.45. The van der Waals surface area contributed by atoms with Crippen molar-refractivity contribution in [3.63, 3.8) is 0 Å². The van der Waals surface area contributed by atoms with Gasteiger partial charge in [0.2, 0.25) is 0 Å². The Labute approximate surface area is 95.2 Å². The standard InChI is InChI=1S/C12H16N2O2/c1-3-13-9-7-5-6-8-10(9)14(4-2)12(16)11(13)15/h5-7,10H,3-4,8H2,1-2H3. The lowest BCUT2D eigenvalue weighted by molar-refractivity contribution is -0.155. The van der Waals surface area contributed by atoms with Gasteiger partial charge in [-0.2, -0.15) is 0 Å². The predicted molar refractivity (Wildman–Crippen MR) is 60.4 cm³/mol. The third-order valence-electron chi connectivity index (χ3n) is 3.14. The van der Waals surface area contributed by atoms with E-state index >= 15 is 0 Å². The summed E-state index contributed by atoms with van der Waals surface area (Å²) in [7, 11) is 0. The highest BCUT2D eigenvalue weighted by atomic mass is 16.2. The smallest absolute Gasteiger partial charge is 0.316 e. The molecule has 0 aromatic rings. The third-order valence-corrected chi connectivity index (χ3v) is 3.14. The van der Waals surface area contributed by atoms with E-state index in [9.17, 15) is 9.59 Å². The molecule has 2 aliphatic rings. The molecule has 86 valence electrons. The van der Waals surface area contributed by atoms with Gasteiger partial charge in [-0.05, 0) is 26.3 Å². The molecular formula is C12H16N2O2. The first-order valence-electron chi connectivity index (χ1n) is 5.69. The molecule has 0 N–H and O–H groups in total. The fourth-order valence-electron chi connectivity index (χ4n) is 2.35. The normalized spacial score (nSPS) is 24.6. The Kier molecular flexibility index (Phi) is 2.81. The number of fused-ring (bicyclic) bond motifs is 1. The summed E-state index contributed by atoms with van der Waals surface area (Å²) in [6, 6.07) is 0.0418. The Morgan fingerprint density at radius 2 is 2.00 bits per heavy atom. The number of hydrogen-bond donors (Lipinski definition) is 0. The second-order valence-corrected chi connectivity index (χ2v) is 3.91. The summed E-state index contributed by atoms with van der Waals surface area (Å²) in [5.74, 6) is -0.774. The van der Waals surface area contributed by atoms with Gasteiger partial charge in [0.25, 0.3) is 0 Å². The summed E-state index contributed by atoms with van der Waals surface area (Å²) < 4.78 is 0. The van der Waals surface area contributed by atoms with Crippen LogP contribution in [0.1, 0.15) is 20.3 Å². The zero-order chi connectivity index (χ0) is 11.7. The Morgan fingerprint density at radius 3 is 2.62 bits per heavy atom. The van der Waals surface area contributed by atoms with E-state index in [0.29, 0.717) is 13.1 Å². The van der Waals surface area contributed by atoms with Crippen LogP contribution in [0.3, 0.4) is 0 Å². The van der Waals surface area contributed by atoms with Crippen LogP contribution in [-0.4, -0.2) is 40.7 Å². The molecule has 2 rings (SSSR count). The minimum Gasteiger partial charge on any atom is -0.326 e. The number of likely N-dealkylation sites (N-methyl/N-ethyl adjacent to an activating group) is 2. The van der Waals surface area contributed by atoms with Crippen molar-refractivity contribution in [2.75, 3.05) is 13.1 Å². The van der Waals surface area contributed by atoms with Crippen LogP contribution in [0.25, 0.3) is 0 Å². The van der Waals surface area contributed by atoms with Gasteiger partial charge in [0.1, 0.15) is 0 Å². The Balaban J connectivity index is 2.40.